The first-order valence-electron chi connectivity index (χ1n) is 8.32. The molecule has 2 fully saturated rings. The van der Waals surface area contributed by atoms with E-state index in [9.17, 15) is 14.4 Å². The fraction of sp³-hybridized carbons (Fsp3) is 0.812. The molecular formula is C16H27N3O3S. The number of likely N-dealkylation sites (N-methyl/N-ethyl adjacent to an activating group) is 1. The maximum Gasteiger partial charge on any atom is 0.244 e. The van der Waals surface area contributed by atoms with E-state index in [0.717, 1.165) is 25.7 Å². The quantitative estimate of drug-likeness (QED) is 0.664. The zero-order chi connectivity index (χ0) is 17.0. The Morgan fingerprint density at radius 1 is 1.26 bits per heavy atom. The van der Waals surface area contributed by atoms with Crippen molar-refractivity contribution in [1.82, 2.24) is 15.5 Å². The molecule has 1 aliphatic carbocycles. The average molecular weight is 341 g/mol. The molecule has 1 saturated heterocycles. The second-order valence-corrected chi connectivity index (χ2v) is 7.36. The van der Waals surface area contributed by atoms with E-state index in [1.54, 1.807) is 0 Å². The monoisotopic (exact) mass is 341 g/mol. The van der Waals surface area contributed by atoms with Crippen LogP contribution in [0.2, 0.25) is 0 Å². The van der Waals surface area contributed by atoms with Gasteiger partial charge in [-0.2, -0.15) is 11.8 Å². The molecule has 2 N–H and O–H groups in total. The fourth-order valence-electron chi connectivity index (χ4n) is 3.39. The van der Waals surface area contributed by atoms with Crippen LogP contribution >= 0.6 is 11.8 Å². The maximum absolute atomic E-state index is 12.7. The first-order valence-corrected chi connectivity index (χ1v) is 9.71. The van der Waals surface area contributed by atoms with Crippen LogP contribution in [-0.2, 0) is 14.4 Å². The van der Waals surface area contributed by atoms with Gasteiger partial charge in [0.2, 0.25) is 17.7 Å². The summed E-state index contributed by atoms with van der Waals surface area (Å²) in [7, 11) is 1.83. The molecule has 4 unspecified atom stereocenters. The third-order valence-corrected chi connectivity index (χ3v) is 5.54. The molecule has 2 rings (SSSR count). The lowest BCUT2D eigenvalue weighted by Gasteiger charge is -2.26. The van der Waals surface area contributed by atoms with Crippen molar-refractivity contribution < 1.29 is 14.4 Å². The molecule has 1 saturated carbocycles. The molecule has 0 bridgehead atoms. The Bertz CT molecular complexity index is 447. The number of carbonyl (C=O) groups is 3. The molecular weight excluding hydrogens is 314 g/mol. The van der Waals surface area contributed by atoms with Gasteiger partial charge in [-0.3, -0.25) is 19.3 Å². The number of carbonyl (C=O) groups excluding carboxylic acids is 3. The van der Waals surface area contributed by atoms with E-state index in [1.807, 2.05) is 20.2 Å². The SMILES string of the molecule is CNC(C)CNC(=O)C(CSC)N1C(=O)C2CCCCC2C1=O. The number of fused-ring (bicyclic) bond motifs is 1. The number of amides is 3. The number of hydrogen-bond donors (Lipinski definition) is 2. The van der Waals surface area contributed by atoms with Crippen LogP contribution in [0.3, 0.4) is 0 Å². The van der Waals surface area contributed by atoms with Gasteiger partial charge in [0.1, 0.15) is 6.04 Å². The van der Waals surface area contributed by atoms with E-state index < -0.39 is 6.04 Å². The van der Waals surface area contributed by atoms with Gasteiger partial charge in [-0.05, 0) is 33.1 Å². The van der Waals surface area contributed by atoms with Crippen molar-refractivity contribution in [3.63, 3.8) is 0 Å². The van der Waals surface area contributed by atoms with Crippen molar-refractivity contribution in [3.8, 4) is 0 Å². The molecule has 7 heteroatoms. The van der Waals surface area contributed by atoms with Crippen molar-refractivity contribution in [2.45, 2.75) is 44.7 Å². The van der Waals surface area contributed by atoms with Crippen LogP contribution in [-0.4, -0.2) is 60.3 Å². The predicted octanol–water partition coefficient (Wildman–Crippen LogP) is 0.617. The topological polar surface area (TPSA) is 78.5 Å². The fourth-order valence-corrected chi connectivity index (χ4v) is 4.01. The number of hydrogen-bond acceptors (Lipinski definition) is 5. The number of nitrogens with one attached hydrogen (secondary N) is 2. The van der Waals surface area contributed by atoms with Gasteiger partial charge in [0, 0.05) is 18.3 Å². The van der Waals surface area contributed by atoms with Gasteiger partial charge >= 0.3 is 0 Å². The maximum atomic E-state index is 12.7. The van der Waals surface area contributed by atoms with Crippen molar-refractivity contribution >= 4 is 29.5 Å². The third kappa shape index (κ3) is 3.88. The molecule has 130 valence electrons. The van der Waals surface area contributed by atoms with Crippen molar-refractivity contribution in [3.05, 3.63) is 0 Å². The van der Waals surface area contributed by atoms with Gasteiger partial charge in [-0.1, -0.05) is 12.8 Å². The second kappa shape index (κ2) is 8.15. The predicted molar refractivity (Wildman–Crippen MR) is 91.0 cm³/mol. The summed E-state index contributed by atoms with van der Waals surface area (Å²) in [5.41, 5.74) is 0. The zero-order valence-electron chi connectivity index (χ0n) is 14.1. The Hall–Kier alpha value is -1.08. The number of likely N-dealkylation sites (tertiary alicyclic amines) is 1. The second-order valence-electron chi connectivity index (χ2n) is 6.45. The molecule has 6 nitrogen and oxygen atoms in total. The van der Waals surface area contributed by atoms with Gasteiger partial charge in [0.25, 0.3) is 0 Å². The summed E-state index contributed by atoms with van der Waals surface area (Å²) >= 11 is 1.48. The van der Waals surface area contributed by atoms with E-state index in [2.05, 4.69) is 10.6 Å². The summed E-state index contributed by atoms with van der Waals surface area (Å²) in [6, 6.07) is -0.555. The molecule has 0 aromatic rings. The Labute approximate surface area is 142 Å². The first kappa shape index (κ1) is 18.3. The lowest BCUT2D eigenvalue weighted by atomic mass is 9.81. The number of nitrogens with zero attached hydrogens (tertiary/aromatic N) is 1. The summed E-state index contributed by atoms with van der Waals surface area (Å²) in [4.78, 5) is 39.1. The van der Waals surface area contributed by atoms with Gasteiger partial charge < -0.3 is 10.6 Å². The molecule has 23 heavy (non-hydrogen) atoms. The van der Waals surface area contributed by atoms with Gasteiger partial charge in [0.05, 0.1) is 11.8 Å². The summed E-state index contributed by atoms with van der Waals surface area (Å²) in [6.07, 6.45) is 5.42. The molecule has 0 aromatic carbocycles. The summed E-state index contributed by atoms with van der Waals surface area (Å²) in [5, 5.41) is 5.91. The van der Waals surface area contributed by atoms with E-state index in [-0.39, 0.29) is 35.6 Å². The number of imide groups is 1. The number of rotatable bonds is 7. The number of thioether (sulfide) groups is 1. The van der Waals surface area contributed by atoms with Crippen molar-refractivity contribution in [2.24, 2.45) is 11.8 Å². The average Bonchev–Trinajstić information content (AvgIpc) is 2.82. The molecule has 1 heterocycles. The highest BCUT2D eigenvalue weighted by molar-refractivity contribution is 7.98. The molecule has 0 spiro atoms. The molecule has 4 atom stereocenters. The third-order valence-electron chi connectivity index (χ3n) is 4.89. The van der Waals surface area contributed by atoms with Crippen LogP contribution in [0.5, 0.6) is 0 Å². The smallest absolute Gasteiger partial charge is 0.244 e. The molecule has 0 aromatic heterocycles. The Morgan fingerprint density at radius 3 is 2.30 bits per heavy atom. The summed E-state index contributed by atoms with van der Waals surface area (Å²) < 4.78 is 0. The summed E-state index contributed by atoms with van der Waals surface area (Å²) in [6.45, 7) is 2.44. The zero-order valence-corrected chi connectivity index (χ0v) is 14.9. The van der Waals surface area contributed by atoms with Crippen molar-refractivity contribution in [2.75, 3.05) is 25.6 Å². The van der Waals surface area contributed by atoms with Crippen LogP contribution in [0, 0.1) is 11.8 Å². The largest absolute Gasteiger partial charge is 0.353 e. The van der Waals surface area contributed by atoms with E-state index in [4.69, 9.17) is 0 Å². The Kier molecular flexibility index (Phi) is 6.47. The van der Waals surface area contributed by atoms with E-state index >= 15 is 0 Å². The van der Waals surface area contributed by atoms with Crippen LogP contribution in [0.4, 0.5) is 0 Å². The molecule has 1 aliphatic heterocycles. The minimum Gasteiger partial charge on any atom is -0.353 e. The van der Waals surface area contributed by atoms with Crippen LogP contribution in [0.15, 0.2) is 0 Å². The van der Waals surface area contributed by atoms with Crippen LogP contribution < -0.4 is 10.6 Å². The standard InChI is InChI=1S/C16H27N3O3S/c1-10(17-2)8-18-14(20)13(9-23-3)19-15(21)11-6-4-5-7-12(11)16(19)22/h10-13,17H,4-9H2,1-3H3,(H,18,20). The summed E-state index contributed by atoms with van der Waals surface area (Å²) in [5.74, 6) is -0.487. The minimum atomic E-state index is -0.695. The van der Waals surface area contributed by atoms with Crippen LogP contribution in [0.1, 0.15) is 32.6 Å². The normalized spacial score (nSPS) is 26.8. The van der Waals surface area contributed by atoms with E-state index in [0.29, 0.717) is 12.3 Å². The molecule has 2 aliphatic rings. The van der Waals surface area contributed by atoms with Crippen molar-refractivity contribution in [1.29, 1.82) is 0 Å². The highest BCUT2D eigenvalue weighted by Crippen LogP contribution is 2.39. The van der Waals surface area contributed by atoms with Gasteiger partial charge in [0.15, 0.2) is 0 Å². The highest BCUT2D eigenvalue weighted by Gasteiger charge is 2.51. The van der Waals surface area contributed by atoms with Gasteiger partial charge in [-0.25, -0.2) is 0 Å². The Balaban J connectivity index is 2.11. The van der Waals surface area contributed by atoms with Gasteiger partial charge in [-0.15, -0.1) is 0 Å². The first-order chi connectivity index (χ1) is 11.0. The lowest BCUT2D eigenvalue weighted by Crippen LogP contribution is -2.53. The van der Waals surface area contributed by atoms with Crippen LogP contribution in [0.25, 0.3) is 0 Å². The lowest BCUT2D eigenvalue weighted by molar-refractivity contribution is -0.147. The minimum absolute atomic E-state index is 0.140. The molecule has 3 amide bonds. The molecule has 0 radical (unpaired) electrons. The van der Waals surface area contributed by atoms with E-state index in [1.165, 1.54) is 16.7 Å². The Morgan fingerprint density at radius 2 is 1.83 bits per heavy atom. The highest BCUT2D eigenvalue weighted by atomic mass is 32.2.